The van der Waals surface area contributed by atoms with Crippen molar-refractivity contribution in [3.63, 3.8) is 0 Å². The van der Waals surface area contributed by atoms with E-state index in [0.717, 1.165) is 0 Å². The second-order valence-electron chi connectivity index (χ2n) is 2.31. The summed E-state index contributed by atoms with van der Waals surface area (Å²) in [6.45, 7) is 3.45. The van der Waals surface area contributed by atoms with Crippen molar-refractivity contribution in [3.05, 3.63) is 0 Å². The number of halogens is 1. The van der Waals surface area contributed by atoms with Crippen LogP contribution in [0.5, 0.6) is 0 Å². The smallest absolute Gasteiger partial charge is 0.150 e. The maximum absolute atomic E-state index is 10.8. The topological polar surface area (TPSA) is 34.1 Å². The average molecular weight is 185 g/mol. The van der Waals surface area contributed by atoms with Gasteiger partial charge in [-0.1, -0.05) is 6.92 Å². The van der Waals surface area contributed by atoms with Crippen LogP contribution in [0.1, 0.15) is 20.3 Å². The van der Waals surface area contributed by atoms with Crippen LogP contribution in [0.25, 0.3) is 0 Å². The zero-order chi connectivity index (χ0) is 8.20. The molecule has 0 saturated heterocycles. The zero-order valence-electron chi connectivity index (χ0n) is 6.30. The molecule has 10 heavy (non-hydrogen) atoms. The summed E-state index contributed by atoms with van der Waals surface area (Å²) in [4.78, 5) is 0. The molecule has 0 spiro atoms. The van der Waals surface area contributed by atoms with Gasteiger partial charge >= 0.3 is 0 Å². The summed E-state index contributed by atoms with van der Waals surface area (Å²) in [5.41, 5.74) is 0. The minimum atomic E-state index is -2.80. The average Bonchev–Trinajstić information content (AvgIpc) is 1.85. The Hall–Kier alpha value is 0.240. The largest absolute Gasteiger partial charge is 0.229 e. The molecule has 0 bridgehead atoms. The van der Waals surface area contributed by atoms with Crippen molar-refractivity contribution in [1.82, 2.24) is 0 Å². The molecule has 0 saturated carbocycles. The van der Waals surface area contributed by atoms with Gasteiger partial charge in [-0.05, 0) is 13.3 Å². The van der Waals surface area contributed by atoms with E-state index in [1.807, 2.05) is 0 Å². The fourth-order valence-electron chi connectivity index (χ4n) is 0.486. The summed E-state index contributed by atoms with van der Waals surface area (Å²) >= 11 is 5.58. The van der Waals surface area contributed by atoms with Gasteiger partial charge in [0.05, 0.1) is 5.75 Å². The molecule has 0 N–H and O–H groups in total. The summed E-state index contributed by atoms with van der Waals surface area (Å²) in [6, 6.07) is 0. The Kier molecular flexibility index (Phi) is 4.29. The minimum absolute atomic E-state index is 0.0404. The molecular weight excluding hydrogens is 172 g/mol. The molecule has 0 aliphatic heterocycles. The molecule has 0 rings (SSSR count). The third-order valence-corrected chi connectivity index (χ3v) is 3.22. The van der Waals surface area contributed by atoms with E-state index in [9.17, 15) is 8.42 Å². The van der Waals surface area contributed by atoms with Crippen molar-refractivity contribution in [2.75, 3.05) is 11.5 Å². The quantitative estimate of drug-likeness (QED) is 0.620. The second-order valence-corrected chi connectivity index (χ2v) is 5.52. The standard InChI is InChI=1S/C6H13ClO2S/c1-3-10(8,9)5-4-6(2)7/h6H,3-5H2,1-2H3. The Balaban J connectivity index is 3.70. The normalized spacial score (nSPS) is 15.1. The van der Waals surface area contributed by atoms with E-state index >= 15 is 0 Å². The lowest BCUT2D eigenvalue weighted by Gasteiger charge is -2.01. The van der Waals surface area contributed by atoms with Crippen LogP contribution in [0.4, 0.5) is 0 Å². The summed E-state index contributed by atoms with van der Waals surface area (Å²) < 4.78 is 21.7. The molecule has 1 unspecified atom stereocenters. The highest BCUT2D eigenvalue weighted by Crippen LogP contribution is 2.03. The van der Waals surface area contributed by atoms with E-state index in [4.69, 9.17) is 11.6 Å². The first-order valence-electron chi connectivity index (χ1n) is 3.32. The van der Waals surface area contributed by atoms with Crippen molar-refractivity contribution in [2.24, 2.45) is 0 Å². The number of hydrogen-bond donors (Lipinski definition) is 0. The molecule has 62 valence electrons. The van der Waals surface area contributed by atoms with Gasteiger partial charge in [-0.2, -0.15) is 0 Å². The fraction of sp³-hybridized carbons (Fsp3) is 1.00. The summed E-state index contributed by atoms with van der Waals surface area (Å²) in [6.07, 6.45) is 0.553. The Bertz CT molecular complexity index is 172. The number of rotatable bonds is 4. The van der Waals surface area contributed by atoms with Gasteiger partial charge in [0, 0.05) is 11.1 Å². The lowest BCUT2D eigenvalue weighted by atomic mass is 10.4. The third kappa shape index (κ3) is 5.06. The van der Waals surface area contributed by atoms with Crippen LogP contribution in [-0.4, -0.2) is 25.3 Å². The predicted molar refractivity (Wildman–Crippen MR) is 44.3 cm³/mol. The van der Waals surface area contributed by atoms with Crippen LogP contribution in [0.3, 0.4) is 0 Å². The summed E-state index contributed by atoms with van der Waals surface area (Å²) in [7, 11) is -2.80. The van der Waals surface area contributed by atoms with E-state index in [-0.39, 0.29) is 16.9 Å². The fourth-order valence-corrected chi connectivity index (χ4v) is 1.73. The molecule has 1 atom stereocenters. The highest BCUT2D eigenvalue weighted by atomic mass is 35.5. The van der Waals surface area contributed by atoms with Crippen LogP contribution in [0.2, 0.25) is 0 Å². The van der Waals surface area contributed by atoms with Crippen molar-refractivity contribution in [2.45, 2.75) is 25.6 Å². The molecule has 2 nitrogen and oxygen atoms in total. The molecule has 0 aliphatic carbocycles. The van der Waals surface area contributed by atoms with Crippen LogP contribution < -0.4 is 0 Å². The van der Waals surface area contributed by atoms with Crippen molar-refractivity contribution in [1.29, 1.82) is 0 Å². The maximum atomic E-state index is 10.8. The molecule has 0 aromatic heterocycles. The van der Waals surface area contributed by atoms with E-state index in [1.54, 1.807) is 13.8 Å². The SMILES string of the molecule is CCS(=O)(=O)CCC(C)Cl. The van der Waals surface area contributed by atoms with Gasteiger partial charge in [0.25, 0.3) is 0 Å². The Labute approximate surface area is 67.5 Å². The van der Waals surface area contributed by atoms with Crippen molar-refractivity contribution < 1.29 is 8.42 Å². The van der Waals surface area contributed by atoms with Crippen LogP contribution in [0.15, 0.2) is 0 Å². The number of sulfone groups is 1. The van der Waals surface area contributed by atoms with Gasteiger partial charge < -0.3 is 0 Å². The van der Waals surface area contributed by atoms with Crippen LogP contribution >= 0.6 is 11.6 Å². The highest BCUT2D eigenvalue weighted by molar-refractivity contribution is 7.91. The van der Waals surface area contributed by atoms with E-state index < -0.39 is 9.84 Å². The lowest BCUT2D eigenvalue weighted by molar-refractivity contribution is 0.594. The van der Waals surface area contributed by atoms with Crippen LogP contribution in [-0.2, 0) is 9.84 Å². The first kappa shape index (κ1) is 10.2. The van der Waals surface area contributed by atoms with E-state index in [1.165, 1.54) is 0 Å². The van der Waals surface area contributed by atoms with E-state index in [0.29, 0.717) is 6.42 Å². The molecule has 0 amide bonds. The zero-order valence-corrected chi connectivity index (χ0v) is 7.87. The highest BCUT2D eigenvalue weighted by Gasteiger charge is 2.08. The molecular formula is C6H13ClO2S. The Morgan fingerprint density at radius 1 is 1.50 bits per heavy atom. The summed E-state index contributed by atoms with van der Waals surface area (Å²) in [5.74, 6) is 0.435. The first-order chi connectivity index (χ1) is 4.48. The molecule has 0 aromatic rings. The lowest BCUT2D eigenvalue weighted by Crippen LogP contribution is -2.11. The molecule has 0 aromatic carbocycles. The molecule has 0 fully saturated rings. The predicted octanol–water partition coefficient (Wildman–Crippen LogP) is 1.44. The Morgan fingerprint density at radius 3 is 2.30 bits per heavy atom. The molecule has 4 heteroatoms. The van der Waals surface area contributed by atoms with Gasteiger partial charge in [0.2, 0.25) is 0 Å². The first-order valence-corrected chi connectivity index (χ1v) is 5.58. The summed E-state index contributed by atoms with van der Waals surface area (Å²) in [5, 5.41) is -0.0404. The number of alkyl halides is 1. The Morgan fingerprint density at radius 2 is 2.00 bits per heavy atom. The van der Waals surface area contributed by atoms with Gasteiger partial charge in [0.1, 0.15) is 9.84 Å². The monoisotopic (exact) mass is 184 g/mol. The van der Waals surface area contributed by atoms with E-state index in [2.05, 4.69) is 0 Å². The van der Waals surface area contributed by atoms with Gasteiger partial charge in [-0.25, -0.2) is 8.42 Å². The van der Waals surface area contributed by atoms with Crippen molar-refractivity contribution in [3.8, 4) is 0 Å². The van der Waals surface area contributed by atoms with Gasteiger partial charge in [-0.3, -0.25) is 0 Å². The minimum Gasteiger partial charge on any atom is -0.229 e. The molecule has 0 radical (unpaired) electrons. The van der Waals surface area contributed by atoms with Gasteiger partial charge in [-0.15, -0.1) is 11.6 Å². The maximum Gasteiger partial charge on any atom is 0.150 e. The molecule has 0 heterocycles. The third-order valence-electron chi connectivity index (χ3n) is 1.27. The van der Waals surface area contributed by atoms with Crippen molar-refractivity contribution >= 4 is 21.4 Å². The molecule has 0 aliphatic rings. The van der Waals surface area contributed by atoms with Gasteiger partial charge in [0.15, 0.2) is 0 Å². The van der Waals surface area contributed by atoms with Crippen LogP contribution in [0, 0.1) is 0 Å². The number of hydrogen-bond acceptors (Lipinski definition) is 2. The second kappa shape index (κ2) is 4.19.